The van der Waals surface area contributed by atoms with Crippen LogP contribution >= 0.6 is 11.8 Å². The Morgan fingerprint density at radius 1 is 1.13 bits per heavy atom. The molecule has 0 saturated heterocycles. The van der Waals surface area contributed by atoms with Gasteiger partial charge < -0.3 is 31.4 Å². The van der Waals surface area contributed by atoms with Crippen molar-refractivity contribution in [3.8, 4) is 0 Å². The molecule has 0 saturated carbocycles. The molecule has 3 unspecified atom stereocenters. The van der Waals surface area contributed by atoms with Crippen molar-refractivity contribution >= 4 is 41.8 Å². The van der Waals surface area contributed by atoms with E-state index in [4.69, 9.17) is 15.9 Å². The van der Waals surface area contributed by atoms with Crippen LogP contribution in [-0.2, 0) is 24.0 Å². The lowest BCUT2D eigenvalue weighted by atomic mass is 10.1. The zero-order valence-corrected chi connectivity index (χ0v) is 17.0. The van der Waals surface area contributed by atoms with Gasteiger partial charge in [-0.3, -0.25) is 19.2 Å². The van der Waals surface area contributed by atoms with Crippen LogP contribution in [0, 0.1) is 0 Å². The van der Waals surface area contributed by atoms with Gasteiger partial charge in [-0.15, -0.1) is 0 Å². The average molecular weight is 439 g/mol. The van der Waals surface area contributed by atoms with Crippen molar-refractivity contribution < 1.29 is 34.2 Å². The van der Waals surface area contributed by atoms with Crippen LogP contribution in [0.2, 0.25) is 0 Å². The molecule has 0 fully saturated rings. The quantitative estimate of drug-likeness (QED) is 0.248. The first-order valence-corrected chi connectivity index (χ1v) is 10.2. The zero-order chi connectivity index (χ0) is 22.5. The number of aldehydes is 1. The molecular formula is C19H25N3O7S. The fourth-order valence-corrected chi connectivity index (χ4v) is 3.64. The summed E-state index contributed by atoms with van der Waals surface area (Å²) in [6.07, 6.45) is 0.627. The number of rotatable bonds is 14. The maximum absolute atomic E-state index is 12.3. The molecule has 0 bridgehead atoms. The minimum Gasteiger partial charge on any atom is -0.480 e. The van der Waals surface area contributed by atoms with Gasteiger partial charge in [-0.1, -0.05) is 30.3 Å². The Morgan fingerprint density at radius 3 is 2.37 bits per heavy atom. The number of nitrogens with one attached hydrogen (secondary N) is 2. The number of hydrogen-bond acceptors (Lipinski definition) is 7. The highest BCUT2D eigenvalue weighted by Gasteiger charge is 2.24. The van der Waals surface area contributed by atoms with Gasteiger partial charge >= 0.3 is 11.9 Å². The summed E-state index contributed by atoms with van der Waals surface area (Å²) in [5, 5.41) is 22.0. The van der Waals surface area contributed by atoms with Crippen molar-refractivity contribution in [2.45, 2.75) is 36.6 Å². The molecule has 0 heterocycles. The normalized spacial score (nSPS) is 13.5. The van der Waals surface area contributed by atoms with Crippen molar-refractivity contribution in [3.05, 3.63) is 35.9 Å². The first kappa shape index (κ1) is 25.1. The highest BCUT2D eigenvalue weighted by Crippen LogP contribution is 2.31. The van der Waals surface area contributed by atoms with Gasteiger partial charge in [-0.05, 0) is 12.0 Å². The first-order chi connectivity index (χ1) is 14.2. The van der Waals surface area contributed by atoms with Gasteiger partial charge in [0.25, 0.3) is 0 Å². The molecule has 6 N–H and O–H groups in total. The van der Waals surface area contributed by atoms with E-state index in [2.05, 4.69) is 10.6 Å². The Bertz CT molecular complexity index is 745. The third-order valence-electron chi connectivity index (χ3n) is 4.01. The predicted octanol–water partition coefficient (Wildman–Crippen LogP) is -0.0724. The summed E-state index contributed by atoms with van der Waals surface area (Å²) in [5.41, 5.74) is 6.24. The van der Waals surface area contributed by atoms with Gasteiger partial charge in [-0.2, -0.15) is 11.8 Å². The van der Waals surface area contributed by atoms with E-state index in [9.17, 15) is 24.0 Å². The predicted molar refractivity (Wildman–Crippen MR) is 110 cm³/mol. The Morgan fingerprint density at radius 2 is 1.80 bits per heavy atom. The highest BCUT2D eigenvalue weighted by atomic mass is 32.2. The number of nitrogens with two attached hydrogens (primary N) is 1. The number of hydrogen-bond donors (Lipinski definition) is 5. The maximum Gasteiger partial charge on any atom is 0.322 e. The van der Waals surface area contributed by atoms with Gasteiger partial charge in [0.05, 0.1) is 0 Å². The second kappa shape index (κ2) is 13.3. The summed E-state index contributed by atoms with van der Waals surface area (Å²) in [7, 11) is 0. The van der Waals surface area contributed by atoms with Crippen LogP contribution < -0.4 is 16.4 Å². The van der Waals surface area contributed by atoms with E-state index >= 15 is 0 Å². The third kappa shape index (κ3) is 9.52. The molecule has 1 aromatic rings. The lowest BCUT2D eigenvalue weighted by molar-refractivity contribution is -0.139. The second-order valence-electron chi connectivity index (χ2n) is 6.35. The van der Waals surface area contributed by atoms with Crippen LogP contribution in [0.25, 0.3) is 0 Å². The van der Waals surface area contributed by atoms with E-state index in [1.807, 2.05) is 30.3 Å². The average Bonchev–Trinajstić information content (AvgIpc) is 2.72. The van der Waals surface area contributed by atoms with Crippen LogP contribution in [0.4, 0.5) is 0 Å². The molecule has 0 aromatic heterocycles. The second-order valence-corrected chi connectivity index (χ2v) is 7.59. The maximum atomic E-state index is 12.3. The van der Waals surface area contributed by atoms with Gasteiger partial charge in [-0.25, -0.2) is 0 Å². The number of benzene rings is 1. The smallest absolute Gasteiger partial charge is 0.322 e. The van der Waals surface area contributed by atoms with Gasteiger partial charge in [0, 0.05) is 23.8 Å². The standard InChI is InChI=1S/C19H25N3O7S/c20-13(19(28)29)6-7-16(24)22-14(18(27)21-10-17(25)26)11-30-15(8-9-23)12-4-2-1-3-5-12/h1-5,9,13-15H,6-8,10-11,20H2,(H,21,27)(H,22,24)(H,25,26)(H,28,29). The fourth-order valence-electron chi connectivity index (χ4n) is 2.41. The van der Waals surface area contributed by atoms with Crippen molar-refractivity contribution in [1.82, 2.24) is 10.6 Å². The molecule has 3 atom stereocenters. The number of carbonyl (C=O) groups is 5. The van der Waals surface area contributed by atoms with E-state index in [0.717, 1.165) is 11.8 Å². The van der Waals surface area contributed by atoms with E-state index in [0.29, 0.717) is 0 Å². The van der Waals surface area contributed by atoms with E-state index in [-0.39, 0.29) is 30.3 Å². The molecule has 0 aliphatic rings. The number of carbonyl (C=O) groups excluding carboxylic acids is 3. The van der Waals surface area contributed by atoms with Crippen molar-refractivity contribution in [2.75, 3.05) is 12.3 Å². The molecule has 0 spiro atoms. The van der Waals surface area contributed by atoms with Crippen molar-refractivity contribution in [1.29, 1.82) is 0 Å². The SMILES string of the molecule is NC(CCC(=O)NC(CSC(CC=O)c1ccccc1)C(=O)NCC(=O)O)C(=O)O. The zero-order valence-electron chi connectivity index (χ0n) is 16.2. The molecule has 0 radical (unpaired) electrons. The lowest BCUT2D eigenvalue weighted by Gasteiger charge is -2.21. The van der Waals surface area contributed by atoms with Crippen LogP contribution in [0.1, 0.15) is 30.1 Å². The number of carboxylic acids is 2. The molecular weight excluding hydrogens is 414 g/mol. The summed E-state index contributed by atoms with van der Waals surface area (Å²) in [4.78, 5) is 57.0. The molecule has 0 aliphatic carbocycles. The molecule has 2 amide bonds. The Labute approximate surface area is 177 Å². The summed E-state index contributed by atoms with van der Waals surface area (Å²) in [5.74, 6) is -3.69. The number of carboxylic acid groups (broad SMARTS) is 2. The minimum atomic E-state index is -1.24. The molecule has 1 rings (SSSR count). The molecule has 164 valence electrons. The van der Waals surface area contributed by atoms with Crippen molar-refractivity contribution in [3.63, 3.8) is 0 Å². The topological polar surface area (TPSA) is 176 Å². The van der Waals surface area contributed by atoms with Gasteiger partial charge in [0.2, 0.25) is 11.8 Å². The number of thioether (sulfide) groups is 1. The molecule has 30 heavy (non-hydrogen) atoms. The van der Waals surface area contributed by atoms with E-state index < -0.39 is 42.4 Å². The Balaban J connectivity index is 2.79. The lowest BCUT2D eigenvalue weighted by Crippen LogP contribution is -2.49. The van der Waals surface area contributed by atoms with Crippen molar-refractivity contribution in [2.24, 2.45) is 5.73 Å². The number of aliphatic carboxylic acids is 2. The summed E-state index contributed by atoms with van der Waals surface area (Å²) in [6.45, 7) is -0.615. The molecule has 10 nitrogen and oxygen atoms in total. The van der Waals surface area contributed by atoms with Crippen LogP contribution in [0.3, 0.4) is 0 Å². The minimum absolute atomic E-state index is 0.0789. The van der Waals surface area contributed by atoms with Crippen LogP contribution in [0.5, 0.6) is 0 Å². The van der Waals surface area contributed by atoms with E-state index in [1.165, 1.54) is 11.8 Å². The van der Waals surface area contributed by atoms with Gasteiger partial charge in [0.15, 0.2) is 0 Å². The summed E-state index contributed by atoms with van der Waals surface area (Å²) >= 11 is 1.27. The Hall–Kier alpha value is -2.92. The Kier molecular flexibility index (Phi) is 11.2. The molecule has 1 aromatic carbocycles. The molecule has 11 heteroatoms. The summed E-state index contributed by atoms with van der Waals surface area (Å²) < 4.78 is 0. The highest BCUT2D eigenvalue weighted by molar-refractivity contribution is 7.99. The number of amides is 2. The van der Waals surface area contributed by atoms with E-state index in [1.54, 1.807) is 0 Å². The fraction of sp³-hybridized carbons (Fsp3) is 0.421. The third-order valence-corrected chi connectivity index (χ3v) is 5.40. The van der Waals surface area contributed by atoms with Crippen LogP contribution in [0.15, 0.2) is 30.3 Å². The summed E-state index contributed by atoms with van der Waals surface area (Å²) in [6, 6.07) is 6.87. The van der Waals surface area contributed by atoms with Gasteiger partial charge in [0.1, 0.15) is 24.9 Å². The first-order valence-electron chi connectivity index (χ1n) is 9.12. The molecule has 0 aliphatic heterocycles. The van der Waals surface area contributed by atoms with Crippen LogP contribution in [-0.4, -0.2) is 64.6 Å². The largest absolute Gasteiger partial charge is 0.480 e. The monoisotopic (exact) mass is 439 g/mol.